The Kier molecular flexibility index (Phi) is 4.02. The topological polar surface area (TPSA) is 45.1 Å². The number of benzene rings is 1. The second-order valence-electron chi connectivity index (χ2n) is 3.48. The molecule has 0 atom stereocenters. The summed E-state index contributed by atoms with van der Waals surface area (Å²) in [5, 5.41) is 12.7. The van der Waals surface area contributed by atoms with E-state index in [0.29, 0.717) is 11.0 Å². The number of aromatic hydroxyl groups is 1. The van der Waals surface area contributed by atoms with Crippen molar-refractivity contribution in [2.24, 2.45) is 0 Å². The molecule has 2 N–H and O–H groups in total. The van der Waals surface area contributed by atoms with Gasteiger partial charge in [-0.1, -0.05) is 6.07 Å². The zero-order valence-electron chi connectivity index (χ0n) is 8.82. The second-order valence-corrected chi connectivity index (χ2v) is 5.09. The van der Waals surface area contributed by atoms with Gasteiger partial charge in [0, 0.05) is 12.7 Å². The van der Waals surface area contributed by atoms with Crippen LogP contribution < -0.4 is 5.32 Å². The van der Waals surface area contributed by atoms with Gasteiger partial charge in [0.15, 0.2) is 0 Å². The zero-order valence-corrected chi connectivity index (χ0v) is 12.0. The van der Waals surface area contributed by atoms with Gasteiger partial charge in [0.2, 0.25) is 0 Å². The van der Waals surface area contributed by atoms with Crippen LogP contribution in [0.25, 0.3) is 0 Å². The van der Waals surface area contributed by atoms with Crippen molar-refractivity contribution in [2.45, 2.75) is 6.54 Å². The van der Waals surface area contributed by atoms with Crippen molar-refractivity contribution in [1.29, 1.82) is 0 Å². The number of phenolic OH excluding ortho intramolecular Hbond substituents is 1. The average Bonchev–Trinajstić information content (AvgIpc) is 2.32. The van der Waals surface area contributed by atoms with Crippen LogP contribution in [0.2, 0.25) is 0 Å². The number of nitrogens with zero attached hydrogens (tertiary/aromatic N) is 1. The minimum Gasteiger partial charge on any atom is -0.507 e. The molecule has 0 aliphatic rings. The lowest BCUT2D eigenvalue weighted by atomic mass is 10.2. The summed E-state index contributed by atoms with van der Waals surface area (Å²) in [6.07, 6.45) is 1.73. The first-order valence-corrected chi connectivity index (χ1v) is 6.57. The summed E-state index contributed by atoms with van der Waals surface area (Å²) in [4.78, 5) is 4.13. The van der Waals surface area contributed by atoms with E-state index in [1.54, 1.807) is 12.3 Å². The molecule has 0 radical (unpaired) electrons. The molecule has 88 valence electrons. The Morgan fingerprint density at radius 3 is 2.76 bits per heavy atom. The largest absolute Gasteiger partial charge is 0.507 e. The molecule has 0 saturated carbocycles. The van der Waals surface area contributed by atoms with E-state index in [0.717, 1.165) is 15.9 Å². The molecule has 2 aromatic rings. The van der Waals surface area contributed by atoms with Gasteiger partial charge < -0.3 is 10.4 Å². The molecule has 2 rings (SSSR count). The van der Waals surface area contributed by atoms with Gasteiger partial charge in [0.05, 0.1) is 10.2 Å². The fourth-order valence-corrected chi connectivity index (χ4v) is 2.19. The van der Waals surface area contributed by atoms with E-state index in [2.05, 4.69) is 42.2 Å². The number of nitrogens with one attached hydrogen (secondary N) is 1. The summed E-state index contributed by atoms with van der Waals surface area (Å²) in [7, 11) is 0. The lowest BCUT2D eigenvalue weighted by molar-refractivity contribution is 0.471. The van der Waals surface area contributed by atoms with Gasteiger partial charge in [0.25, 0.3) is 0 Å². The summed E-state index contributed by atoms with van der Waals surface area (Å²) in [6.45, 7) is 0.670. The standard InChI is InChI=1S/C12H10Br2N2O/c13-9-6-8(3-4-11(9)17)7-16-10-2-1-5-15-12(10)14/h1-6,16-17H,7H2. The minimum absolute atomic E-state index is 0.247. The lowest BCUT2D eigenvalue weighted by Crippen LogP contribution is -2.00. The number of phenols is 1. The van der Waals surface area contributed by atoms with Crippen molar-refractivity contribution in [3.63, 3.8) is 0 Å². The van der Waals surface area contributed by atoms with E-state index in [1.807, 2.05) is 24.3 Å². The predicted molar refractivity (Wildman–Crippen MR) is 75.1 cm³/mol. The van der Waals surface area contributed by atoms with Crippen molar-refractivity contribution in [3.8, 4) is 5.75 Å². The normalized spacial score (nSPS) is 10.2. The van der Waals surface area contributed by atoms with Gasteiger partial charge in [0.1, 0.15) is 10.4 Å². The lowest BCUT2D eigenvalue weighted by Gasteiger charge is -2.08. The van der Waals surface area contributed by atoms with Crippen LogP contribution in [0.1, 0.15) is 5.56 Å². The quantitative estimate of drug-likeness (QED) is 0.818. The molecule has 0 unspecified atom stereocenters. The fourth-order valence-electron chi connectivity index (χ4n) is 1.38. The molecule has 3 nitrogen and oxygen atoms in total. The molecule has 1 heterocycles. The Hall–Kier alpha value is -1.07. The summed E-state index contributed by atoms with van der Waals surface area (Å²) < 4.78 is 1.49. The Labute approximate surface area is 116 Å². The van der Waals surface area contributed by atoms with Crippen LogP contribution in [0.3, 0.4) is 0 Å². The molecule has 0 aliphatic carbocycles. The summed E-state index contributed by atoms with van der Waals surface area (Å²) in [5.74, 6) is 0.247. The van der Waals surface area contributed by atoms with Crippen LogP contribution in [0.15, 0.2) is 45.6 Å². The Morgan fingerprint density at radius 1 is 1.24 bits per heavy atom. The highest BCUT2D eigenvalue weighted by molar-refractivity contribution is 9.10. The number of aromatic nitrogens is 1. The molecule has 5 heteroatoms. The van der Waals surface area contributed by atoms with Gasteiger partial charge >= 0.3 is 0 Å². The number of hydrogen-bond acceptors (Lipinski definition) is 3. The first-order valence-electron chi connectivity index (χ1n) is 4.98. The van der Waals surface area contributed by atoms with Gasteiger partial charge in [-0.15, -0.1) is 0 Å². The zero-order chi connectivity index (χ0) is 12.3. The molecule has 0 spiro atoms. The molecule has 0 bridgehead atoms. The molecule has 1 aromatic heterocycles. The minimum atomic E-state index is 0.247. The van der Waals surface area contributed by atoms with Crippen LogP contribution >= 0.6 is 31.9 Å². The summed E-state index contributed by atoms with van der Waals surface area (Å²) in [5.41, 5.74) is 2.02. The fraction of sp³-hybridized carbons (Fsp3) is 0.0833. The third kappa shape index (κ3) is 3.20. The monoisotopic (exact) mass is 356 g/mol. The van der Waals surface area contributed by atoms with Gasteiger partial charge in [-0.2, -0.15) is 0 Å². The molecule has 0 fully saturated rings. The summed E-state index contributed by atoms with van der Waals surface area (Å²) >= 11 is 6.66. The first kappa shape index (κ1) is 12.4. The number of halogens is 2. The van der Waals surface area contributed by atoms with Crippen LogP contribution in [-0.4, -0.2) is 10.1 Å². The van der Waals surface area contributed by atoms with Gasteiger partial charge in [-0.25, -0.2) is 4.98 Å². The van der Waals surface area contributed by atoms with E-state index >= 15 is 0 Å². The smallest absolute Gasteiger partial charge is 0.129 e. The molecule has 0 amide bonds. The first-order chi connectivity index (χ1) is 8.16. The molecular weight excluding hydrogens is 348 g/mol. The van der Waals surface area contributed by atoms with E-state index in [9.17, 15) is 5.11 Å². The molecule has 1 aromatic carbocycles. The maximum atomic E-state index is 9.39. The second kappa shape index (κ2) is 5.51. The highest BCUT2D eigenvalue weighted by Crippen LogP contribution is 2.25. The van der Waals surface area contributed by atoms with E-state index in [1.165, 1.54) is 0 Å². The Balaban J connectivity index is 2.08. The highest BCUT2D eigenvalue weighted by atomic mass is 79.9. The van der Waals surface area contributed by atoms with E-state index in [-0.39, 0.29) is 5.75 Å². The van der Waals surface area contributed by atoms with Crippen molar-refractivity contribution in [2.75, 3.05) is 5.32 Å². The van der Waals surface area contributed by atoms with E-state index < -0.39 is 0 Å². The number of anilines is 1. The van der Waals surface area contributed by atoms with Crippen LogP contribution in [0, 0.1) is 0 Å². The summed E-state index contributed by atoms with van der Waals surface area (Å²) in [6, 6.07) is 9.25. The van der Waals surface area contributed by atoms with Crippen molar-refractivity contribution in [1.82, 2.24) is 4.98 Å². The molecule has 0 saturated heterocycles. The predicted octanol–water partition coefficient (Wildman–Crippen LogP) is 3.92. The Bertz CT molecular complexity index is 532. The molecular formula is C12H10Br2N2O. The SMILES string of the molecule is Oc1ccc(CNc2cccnc2Br)cc1Br. The third-order valence-corrected chi connectivity index (χ3v) is 3.52. The van der Waals surface area contributed by atoms with Crippen molar-refractivity contribution < 1.29 is 5.11 Å². The number of hydrogen-bond donors (Lipinski definition) is 2. The van der Waals surface area contributed by atoms with Crippen LogP contribution in [-0.2, 0) is 6.54 Å². The van der Waals surface area contributed by atoms with Gasteiger partial charge in [-0.05, 0) is 61.7 Å². The maximum absolute atomic E-state index is 9.39. The third-order valence-electron chi connectivity index (χ3n) is 2.25. The van der Waals surface area contributed by atoms with Gasteiger partial charge in [-0.3, -0.25) is 0 Å². The van der Waals surface area contributed by atoms with Crippen molar-refractivity contribution >= 4 is 37.5 Å². The van der Waals surface area contributed by atoms with Crippen molar-refractivity contribution in [3.05, 3.63) is 51.2 Å². The van der Waals surface area contributed by atoms with Crippen LogP contribution in [0.4, 0.5) is 5.69 Å². The molecule has 17 heavy (non-hydrogen) atoms. The Morgan fingerprint density at radius 2 is 2.06 bits per heavy atom. The molecule has 0 aliphatic heterocycles. The van der Waals surface area contributed by atoms with Crippen LogP contribution in [0.5, 0.6) is 5.75 Å². The number of pyridine rings is 1. The number of rotatable bonds is 3. The maximum Gasteiger partial charge on any atom is 0.129 e. The van der Waals surface area contributed by atoms with E-state index in [4.69, 9.17) is 0 Å². The average molecular weight is 358 g/mol. The highest BCUT2D eigenvalue weighted by Gasteiger charge is 2.01.